The van der Waals surface area contributed by atoms with Crippen molar-refractivity contribution in [2.24, 2.45) is 0 Å². The molecule has 0 aliphatic carbocycles. The van der Waals surface area contributed by atoms with E-state index < -0.39 is 22.0 Å². The number of thiophene rings is 1. The Morgan fingerprint density at radius 2 is 2.33 bits per heavy atom. The van der Waals surface area contributed by atoms with E-state index in [1.54, 1.807) is 13.0 Å². The number of amides is 1. The summed E-state index contributed by atoms with van der Waals surface area (Å²) in [5, 5.41) is 0. The summed E-state index contributed by atoms with van der Waals surface area (Å²) in [5.74, 6) is -0.668. The van der Waals surface area contributed by atoms with Gasteiger partial charge in [0, 0.05) is 11.5 Å². The Morgan fingerprint density at radius 3 is 2.90 bits per heavy atom. The van der Waals surface area contributed by atoms with E-state index in [1.165, 1.54) is 13.0 Å². The number of ether oxygens (including phenoxy) is 2. The molecule has 1 aromatic heterocycles. The molecule has 0 bridgehead atoms. The zero-order valence-corrected chi connectivity index (χ0v) is 13.6. The average Bonchev–Trinajstić information content (AvgIpc) is 3.06. The van der Waals surface area contributed by atoms with Crippen molar-refractivity contribution in [3.63, 3.8) is 0 Å². The highest BCUT2D eigenvalue weighted by atomic mass is 32.2. The van der Waals surface area contributed by atoms with Crippen LogP contribution in [0.5, 0.6) is 0 Å². The predicted octanol–water partition coefficient (Wildman–Crippen LogP) is 1.45. The maximum atomic E-state index is 12.0. The third-order valence-electron chi connectivity index (χ3n) is 3.14. The summed E-state index contributed by atoms with van der Waals surface area (Å²) in [4.78, 5) is 12.8. The van der Waals surface area contributed by atoms with Crippen LogP contribution < -0.4 is 4.72 Å². The second kappa shape index (κ2) is 6.87. The van der Waals surface area contributed by atoms with Crippen molar-refractivity contribution >= 4 is 27.3 Å². The topological polar surface area (TPSA) is 81.7 Å². The van der Waals surface area contributed by atoms with E-state index in [1.807, 2.05) is 4.72 Å². The molecular formula is C13H19NO5S2. The molecule has 2 heterocycles. The van der Waals surface area contributed by atoms with Gasteiger partial charge in [-0.05, 0) is 38.8 Å². The minimum absolute atomic E-state index is 0.00296. The Balaban J connectivity index is 1.87. The number of nitrogens with one attached hydrogen (secondary N) is 1. The number of aryl methyl sites for hydroxylation is 1. The first-order chi connectivity index (χ1) is 9.88. The highest BCUT2D eigenvalue weighted by Gasteiger charge is 2.25. The van der Waals surface area contributed by atoms with Crippen LogP contribution in [0, 0.1) is 6.92 Å². The monoisotopic (exact) mass is 333 g/mol. The first kappa shape index (κ1) is 16.4. The van der Waals surface area contributed by atoms with Crippen LogP contribution in [0.4, 0.5) is 0 Å². The molecule has 1 aliphatic rings. The number of carbonyl (C=O) groups excluding carboxylic acids is 1. The SMILES string of the molecule is Cc1ccc(S(=O)(=O)NC(=O)[C@H](C)OC[C@@H]2CCCO2)s1. The zero-order valence-electron chi connectivity index (χ0n) is 12.0. The third kappa shape index (κ3) is 4.50. The molecule has 118 valence electrons. The number of rotatable bonds is 6. The van der Waals surface area contributed by atoms with E-state index >= 15 is 0 Å². The van der Waals surface area contributed by atoms with Crippen LogP contribution in [0.3, 0.4) is 0 Å². The van der Waals surface area contributed by atoms with E-state index in [9.17, 15) is 13.2 Å². The number of hydrogen-bond donors (Lipinski definition) is 1. The fourth-order valence-electron chi connectivity index (χ4n) is 1.93. The molecule has 0 radical (unpaired) electrons. The summed E-state index contributed by atoms with van der Waals surface area (Å²) in [6, 6.07) is 3.18. The van der Waals surface area contributed by atoms with Gasteiger partial charge >= 0.3 is 0 Å². The van der Waals surface area contributed by atoms with Gasteiger partial charge in [0.25, 0.3) is 15.9 Å². The molecule has 1 aliphatic heterocycles. The molecule has 1 aromatic rings. The van der Waals surface area contributed by atoms with Crippen molar-refractivity contribution in [2.45, 2.75) is 43.1 Å². The molecule has 0 spiro atoms. The van der Waals surface area contributed by atoms with Gasteiger partial charge in [0.1, 0.15) is 10.3 Å². The Hall–Kier alpha value is -0.960. The predicted molar refractivity (Wildman–Crippen MR) is 78.8 cm³/mol. The molecular weight excluding hydrogens is 314 g/mol. The fourth-order valence-corrected chi connectivity index (χ4v) is 4.25. The van der Waals surface area contributed by atoms with Gasteiger partial charge in [-0.3, -0.25) is 4.79 Å². The van der Waals surface area contributed by atoms with E-state index in [2.05, 4.69) is 0 Å². The van der Waals surface area contributed by atoms with Gasteiger partial charge in [-0.25, -0.2) is 13.1 Å². The molecule has 1 saturated heterocycles. The van der Waals surface area contributed by atoms with Crippen LogP contribution >= 0.6 is 11.3 Å². The standard InChI is InChI=1S/C13H19NO5S2/c1-9-5-6-12(20-9)21(16,17)14-13(15)10(2)19-8-11-4-3-7-18-11/h5-6,10-11H,3-4,7-8H2,1-2H3,(H,14,15)/t10-,11-/m0/s1. The van der Waals surface area contributed by atoms with Gasteiger partial charge in [-0.1, -0.05) is 0 Å². The molecule has 1 N–H and O–H groups in total. The van der Waals surface area contributed by atoms with Crippen LogP contribution in [0.25, 0.3) is 0 Å². The third-order valence-corrected chi connectivity index (χ3v) is 5.98. The Kier molecular flexibility index (Phi) is 5.37. The smallest absolute Gasteiger partial charge is 0.273 e. The van der Waals surface area contributed by atoms with Crippen LogP contribution in [-0.2, 0) is 24.3 Å². The van der Waals surface area contributed by atoms with E-state index in [4.69, 9.17) is 9.47 Å². The Morgan fingerprint density at radius 1 is 1.57 bits per heavy atom. The summed E-state index contributed by atoms with van der Waals surface area (Å²) in [5.41, 5.74) is 0. The van der Waals surface area contributed by atoms with Crippen molar-refractivity contribution in [2.75, 3.05) is 13.2 Å². The van der Waals surface area contributed by atoms with Gasteiger partial charge in [-0.2, -0.15) is 0 Å². The van der Waals surface area contributed by atoms with E-state index in [0.717, 1.165) is 29.1 Å². The van der Waals surface area contributed by atoms with Crippen molar-refractivity contribution in [1.82, 2.24) is 4.72 Å². The molecule has 6 nitrogen and oxygen atoms in total. The molecule has 21 heavy (non-hydrogen) atoms. The average molecular weight is 333 g/mol. The summed E-state index contributed by atoms with van der Waals surface area (Å²) >= 11 is 1.12. The normalized spacial score (nSPS) is 20.4. The van der Waals surface area contributed by atoms with E-state index in [-0.39, 0.29) is 10.3 Å². The highest BCUT2D eigenvalue weighted by Crippen LogP contribution is 2.20. The lowest BCUT2D eigenvalue weighted by molar-refractivity contribution is -0.131. The summed E-state index contributed by atoms with van der Waals surface area (Å²) in [6.45, 7) is 4.34. The summed E-state index contributed by atoms with van der Waals surface area (Å²) in [7, 11) is -3.81. The zero-order chi connectivity index (χ0) is 15.5. The quantitative estimate of drug-likeness (QED) is 0.852. The highest BCUT2D eigenvalue weighted by molar-refractivity contribution is 7.92. The maximum absolute atomic E-state index is 12.0. The second-order valence-corrected chi connectivity index (χ2v) is 8.14. The van der Waals surface area contributed by atoms with Crippen LogP contribution in [0.2, 0.25) is 0 Å². The van der Waals surface area contributed by atoms with Crippen LogP contribution in [0.1, 0.15) is 24.6 Å². The lowest BCUT2D eigenvalue weighted by atomic mass is 10.2. The Labute approximate surface area is 128 Å². The van der Waals surface area contributed by atoms with Gasteiger partial charge in [0.2, 0.25) is 0 Å². The number of carbonyl (C=O) groups is 1. The molecule has 2 atom stereocenters. The fraction of sp³-hybridized carbons (Fsp3) is 0.615. The lowest BCUT2D eigenvalue weighted by Gasteiger charge is -2.15. The van der Waals surface area contributed by atoms with Crippen LogP contribution in [-0.4, -0.2) is 39.7 Å². The Bertz CT molecular complexity index is 589. The first-order valence-electron chi connectivity index (χ1n) is 6.75. The molecule has 1 amide bonds. The van der Waals surface area contributed by atoms with Crippen LogP contribution in [0.15, 0.2) is 16.3 Å². The second-order valence-electron chi connectivity index (χ2n) is 4.95. The van der Waals surface area contributed by atoms with E-state index in [0.29, 0.717) is 13.2 Å². The number of sulfonamides is 1. The maximum Gasteiger partial charge on any atom is 0.273 e. The van der Waals surface area contributed by atoms with Crippen molar-refractivity contribution < 1.29 is 22.7 Å². The molecule has 1 fully saturated rings. The van der Waals surface area contributed by atoms with Crippen molar-refractivity contribution in [1.29, 1.82) is 0 Å². The molecule has 8 heteroatoms. The molecule has 0 saturated carbocycles. The van der Waals surface area contributed by atoms with Gasteiger partial charge in [-0.15, -0.1) is 11.3 Å². The van der Waals surface area contributed by atoms with Gasteiger partial charge in [0.05, 0.1) is 12.7 Å². The minimum Gasteiger partial charge on any atom is -0.376 e. The molecule has 2 rings (SSSR count). The summed E-state index contributed by atoms with van der Waals surface area (Å²) < 4.78 is 37.0. The molecule has 0 unspecified atom stereocenters. The van der Waals surface area contributed by atoms with Crippen molar-refractivity contribution in [3.05, 3.63) is 17.0 Å². The lowest BCUT2D eigenvalue weighted by Crippen LogP contribution is -2.39. The van der Waals surface area contributed by atoms with Gasteiger partial charge < -0.3 is 9.47 Å². The largest absolute Gasteiger partial charge is 0.376 e. The first-order valence-corrected chi connectivity index (χ1v) is 9.05. The number of hydrogen-bond acceptors (Lipinski definition) is 6. The van der Waals surface area contributed by atoms with Crippen molar-refractivity contribution in [3.8, 4) is 0 Å². The minimum atomic E-state index is -3.81. The summed E-state index contributed by atoms with van der Waals surface area (Å²) in [6.07, 6.45) is 1.05. The van der Waals surface area contributed by atoms with Gasteiger partial charge in [0.15, 0.2) is 0 Å². The molecule has 0 aromatic carbocycles.